The van der Waals surface area contributed by atoms with E-state index < -0.39 is 17.4 Å². The van der Waals surface area contributed by atoms with E-state index in [0.717, 1.165) is 0 Å². The predicted molar refractivity (Wildman–Crippen MR) is 36.0 cm³/mol. The molecule has 60 valence electrons. The summed E-state index contributed by atoms with van der Waals surface area (Å²) in [6.07, 6.45) is 1.64. The molecule has 0 bridgehead atoms. The van der Waals surface area contributed by atoms with Gasteiger partial charge >= 0.3 is 71.6 Å². The van der Waals surface area contributed by atoms with Crippen molar-refractivity contribution in [2.75, 3.05) is 0 Å². The van der Waals surface area contributed by atoms with Gasteiger partial charge in [0.25, 0.3) is 0 Å². The summed E-state index contributed by atoms with van der Waals surface area (Å²) in [4.78, 5) is 24.7. The molecule has 1 heterocycles. The third-order valence-corrected chi connectivity index (χ3v) is 2.91. The quantitative estimate of drug-likeness (QED) is 0.661. The molecule has 0 fully saturated rings. The van der Waals surface area contributed by atoms with Gasteiger partial charge in [-0.1, -0.05) is 0 Å². The molecule has 0 aliphatic rings. The Labute approximate surface area is 72.0 Å². The van der Waals surface area contributed by atoms with Gasteiger partial charge in [-0.15, -0.1) is 0 Å². The molecule has 0 amide bonds. The summed E-state index contributed by atoms with van der Waals surface area (Å²) in [6.45, 7) is 0. The fraction of sp³-hybridized carbons (Fsp3) is 0.143. The summed E-state index contributed by atoms with van der Waals surface area (Å²) >= 11 is -0.840. The summed E-state index contributed by atoms with van der Waals surface area (Å²) in [6, 6.07) is 3.32. The van der Waals surface area contributed by atoms with E-state index >= 15 is 0 Å². The summed E-state index contributed by atoms with van der Waals surface area (Å²) in [5.74, 6) is -0.371. The number of hydrogen-bond donors (Lipinski definition) is 1. The van der Waals surface area contributed by atoms with Crippen LogP contribution in [-0.2, 0) is 22.2 Å². The van der Waals surface area contributed by atoms with E-state index in [0.29, 0.717) is 5.69 Å². The van der Waals surface area contributed by atoms with Gasteiger partial charge in [-0.05, 0) is 0 Å². The van der Waals surface area contributed by atoms with Gasteiger partial charge in [-0.25, -0.2) is 0 Å². The van der Waals surface area contributed by atoms with Crippen molar-refractivity contribution in [1.82, 2.24) is 4.98 Å². The van der Waals surface area contributed by atoms with Gasteiger partial charge in [0.2, 0.25) is 0 Å². The molecule has 1 rings (SSSR count). The summed E-state index contributed by atoms with van der Waals surface area (Å²) in [5.41, 5.74) is 2.22. The molecule has 1 aromatic heterocycles. The van der Waals surface area contributed by atoms with E-state index in [1.54, 1.807) is 18.3 Å². The van der Waals surface area contributed by atoms with Gasteiger partial charge in [-0.2, -0.15) is 0 Å². The van der Waals surface area contributed by atoms with Crippen LogP contribution in [0, 0.1) is 0 Å². The average molecular weight is 327 g/mol. The van der Waals surface area contributed by atoms with Crippen LogP contribution in [0.1, 0.15) is 10.5 Å². The van der Waals surface area contributed by atoms with Crippen LogP contribution in [0.15, 0.2) is 18.3 Å². The van der Waals surface area contributed by atoms with Crippen molar-refractivity contribution in [3.63, 3.8) is 0 Å². The molecule has 0 saturated carbocycles. The molecule has 0 radical (unpaired) electrons. The Hall–Kier alpha value is -0.744. The number of carbonyl (C=O) groups excluding carboxylic acids is 2. The first-order valence-electron chi connectivity index (χ1n) is 2.93. The molecule has 0 atom stereocenters. The molecule has 0 saturated heterocycles. The minimum absolute atomic E-state index is 0.215. The first kappa shape index (κ1) is 8.35. The molecule has 0 aromatic carbocycles. The molecule has 0 spiro atoms. The molecule has 0 aliphatic heterocycles. The zero-order valence-corrected chi connectivity index (χ0v) is 8.44. The Kier molecular flexibility index (Phi) is 2.73. The molecular weight excluding hydrogens is 320 g/mol. The number of hydrogen-bond acceptors (Lipinski definition) is 2. The van der Waals surface area contributed by atoms with E-state index in [-0.39, 0.29) is 10.1 Å². The second-order valence-electron chi connectivity index (χ2n) is 1.85. The number of H-pyrrole nitrogens is 1. The second kappa shape index (κ2) is 3.59. The molecule has 1 aromatic rings. The second-order valence-corrected chi connectivity index (χ2v) is 4.28. The number of nitrogens with one attached hydrogen (secondary N) is 1. The van der Waals surface area contributed by atoms with Crippen LogP contribution in [0.2, 0.25) is 5.48 Å². The molecule has 4 heteroatoms. The van der Waals surface area contributed by atoms with Crippen molar-refractivity contribution in [1.29, 1.82) is 0 Å². The molecule has 3 nitrogen and oxygen atoms in total. The molecule has 1 N–H and O–H groups in total. The fourth-order valence-corrected chi connectivity index (χ4v) is 1.57. The third kappa shape index (κ3) is 1.84. The Balaban J connectivity index is 2.79. The van der Waals surface area contributed by atoms with Crippen LogP contribution >= 0.6 is 0 Å². The maximum absolute atomic E-state index is 11.1. The van der Waals surface area contributed by atoms with Gasteiger partial charge in [0.15, 0.2) is 0 Å². The number of aromatic nitrogens is 1. The topological polar surface area (TPSA) is 49.9 Å². The summed E-state index contributed by atoms with van der Waals surface area (Å²) < 4.78 is -0.215. The average Bonchev–Trinajstić information content (AvgIpc) is 2.53. The monoisotopic (exact) mass is 329 g/mol. The Morgan fingerprint density at radius 1 is 1.55 bits per heavy atom. The van der Waals surface area contributed by atoms with E-state index in [9.17, 15) is 9.59 Å². The van der Waals surface area contributed by atoms with Crippen molar-refractivity contribution in [3.05, 3.63) is 24.0 Å². The molecule has 0 aliphatic carbocycles. The van der Waals surface area contributed by atoms with Crippen molar-refractivity contribution < 1.29 is 27.0 Å². The Bertz CT molecular complexity index is 266. The Morgan fingerprint density at radius 3 is 2.73 bits per heavy atom. The van der Waals surface area contributed by atoms with Crippen molar-refractivity contribution in [2.45, 2.75) is 5.48 Å². The third-order valence-electron chi connectivity index (χ3n) is 1.18. The summed E-state index contributed by atoms with van der Waals surface area (Å²) in [5, 5.41) is 0. The van der Waals surface area contributed by atoms with Crippen molar-refractivity contribution >= 4 is 10.1 Å². The van der Waals surface area contributed by atoms with Crippen molar-refractivity contribution in [3.8, 4) is 0 Å². The van der Waals surface area contributed by atoms with Crippen LogP contribution in [0.5, 0.6) is 0 Å². The van der Waals surface area contributed by atoms with Crippen LogP contribution in [-0.4, -0.2) is 15.1 Å². The van der Waals surface area contributed by atoms with Crippen LogP contribution in [0.3, 0.4) is 0 Å². The first-order chi connectivity index (χ1) is 5.25. The van der Waals surface area contributed by atoms with E-state index in [1.165, 1.54) is 0 Å². The molecular formula is C7H7NO2Os. The molecule has 0 unspecified atom stereocenters. The van der Waals surface area contributed by atoms with Crippen LogP contribution < -0.4 is 0 Å². The van der Waals surface area contributed by atoms with Crippen LogP contribution in [0.4, 0.5) is 0 Å². The van der Waals surface area contributed by atoms with E-state index in [4.69, 9.17) is 0 Å². The standard InChI is InChI=1S/C6H4NO2.CH3.Os/c8-4-6(9)5-2-1-3-7-5;;/h1-3,7H;1H3;. The van der Waals surface area contributed by atoms with Gasteiger partial charge in [-0.3, -0.25) is 0 Å². The first-order valence-corrected chi connectivity index (χ1v) is 6.74. The normalized spacial score (nSPS) is 9.91. The fourth-order valence-electron chi connectivity index (χ4n) is 0.654. The van der Waals surface area contributed by atoms with Crippen LogP contribution in [0.25, 0.3) is 0 Å². The SMILES string of the molecule is [CH3][Os][C](=O)C(=O)c1ccc[nH]1. The number of Topliss-reactive ketones (excluding diaryl/α,β-unsaturated/α-hetero) is 1. The number of rotatable bonds is 3. The number of carbonyl (C=O) groups is 2. The Morgan fingerprint density at radius 2 is 2.27 bits per heavy atom. The van der Waals surface area contributed by atoms with Gasteiger partial charge < -0.3 is 0 Å². The zero-order chi connectivity index (χ0) is 8.27. The van der Waals surface area contributed by atoms with Gasteiger partial charge in [0, 0.05) is 0 Å². The van der Waals surface area contributed by atoms with E-state index in [2.05, 4.69) is 4.98 Å². The van der Waals surface area contributed by atoms with E-state index in [1.807, 2.05) is 5.48 Å². The van der Waals surface area contributed by atoms with Gasteiger partial charge in [0.1, 0.15) is 0 Å². The van der Waals surface area contributed by atoms with Gasteiger partial charge in [0.05, 0.1) is 0 Å². The maximum atomic E-state index is 11.1. The zero-order valence-electron chi connectivity index (χ0n) is 5.90. The minimum atomic E-state index is -0.840. The predicted octanol–water partition coefficient (Wildman–Crippen LogP) is 0.855. The number of aromatic amines is 1. The number of ketones is 1. The van der Waals surface area contributed by atoms with Crippen molar-refractivity contribution in [2.24, 2.45) is 0 Å². The summed E-state index contributed by atoms with van der Waals surface area (Å²) in [7, 11) is 0. The molecule has 11 heavy (non-hydrogen) atoms.